The van der Waals surface area contributed by atoms with E-state index < -0.39 is 12.0 Å². The lowest BCUT2D eigenvalue weighted by Gasteiger charge is -2.08. The van der Waals surface area contributed by atoms with Crippen molar-refractivity contribution in [1.82, 2.24) is 0 Å². The van der Waals surface area contributed by atoms with E-state index >= 15 is 0 Å². The van der Waals surface area contributed by atoms with Crippen LogP contribution in [0.1, 0.15) is 12.8 Å². The summed E-state index contributed by atoms with van der Waals surface area (Å²) in [4.78, 5) is 10.4. The molecule has 0 saturated carbocycles. The van der Waals surface area contributed by atoms with E-state index in [1.165, 1.54) is 0 Å². The monoisotopic (exact) mass is 208 g/mol. The first-order valence-electron chi connectivity index (χ1n) is 4.97. The van der Waals surface area contributed by atoms with E-state index in [9.17, 15) is 4.79 Å². The summed E-state index contributed by atoms with van der Waals surface area (Å²) in [7, 11) is 0. The van der Waals surface area contributed by atoms with Gasteiger partial charge in [-0.1, -0.05) is 18.2 Å². The molecule has 1 rings (SSSR count). The van der Waals surface area contributed by atoms with E-state index in [0.29, 0.717) is 6.42 Å². The lowest BCUT2D eigenvalue weighted by molar-refractivity contribution is -0.138. The molecule has 0 amide bonds. The van der Waals surface area contributed by atoms with Gasteiger partial charge in [0.05, 0.1) is 0 Å². The van der Waals surface area contributed by atoms with Gasteiger partial charge >= 0.3 is 5.97 Å². The molecule has 0 radical (unpaired) electrons. The maximum Gasteiger partial charge on any atom is 0.320 e. The third-order valence-electron chi connectivity index (χ3n) is 2.11. The second-order valence-corrected chi connectivity index (χ2v) is 3.38. The predicted molar refractivity (Wildman–Crippen MR) is 59.8 cm³/mol. The first kappa shape index (κ1) is 11.5. The van der Waals surface area contributed by atoms with Gasteiger partial charge in [0.25, 0.3) is 0 Å². The average Bonchev–Trinajstić information content (AvgIpc) is 2.25. The van der Waals surface area contributed by atoms with Crippen molar-refractivity contribution >= 4 is 11.7 Å². The second-order valence-electron chi connectivity index (χ2n) is 3.38. The number of nitrogens with two attached hydrogens (primary N) is 1. The first-order valence-corrected chi connectivity index (χ1v) is 4.97. The zero-order valence-electron chi connectivity index (χ0n) is 8.52. The summed E-state index contributed by atoms with van der Waals surface area (Å²) >= 11 is 0. The van der Waals surface area contributed by atoms with Crippen molar-refractivity contribution in [2.75, 3.05) is 11.9 Å². The summed E-state index contributed by atoms with van der Waals surface area (Å²) in [5.41, 5.74) is 6.41. The van der Waals surface area contributed by atoms with Gasteiger partial charge in [0.15, 0.2) is 0 Å². The minimum absolute atomic E-state index is 0.495. The number of carboxylic acid groups (broad SMARTS) is 1. The highest BCUT2D eigenvalue weighted by molar-refractivity contribution is 5.72. The number of rotatable bonds is 6. The van der Waals surface area contributed by atoms with Crippen molar-refractivity contribution in [3.8, 4) is 0 Å². The number of carboxylic acids is 1. The molecule has 1 aromatic rings. The number of nitrogens with one attached hydrogen (secondary N) is 1. The molecule has 4 N–H and O–H groups in total. The van der Waals surface area contributed by atoms with Crippen LogP contribution in [0.3, 0.4) is 0 Å². The van der Waals surface area contributed by atoms with Crippen molar-refractivity contribution in [3.05, 3.63) is 30.3 Å². The standard InChI is InChI=1S/C11H16N2O2/c12-10(11(14)15)7-4-8-13-9-5-2-1-3-6-9/h1-3,5-6,10,13H,4,7-8,12H2,(H,14,15)/t10-/m0/s1. The fourth-order valence-corrected chi connectivity index (χ4v) is 1.23. The summed E-state index contributed by atoms with van der Waals surface area (Å²) < 4.78 is 0. The van der Waals surface area contributed by atoms with Gasteiger partial charge in [-0.05, 0) is 25.0 Å². The fourth-order valence-electron chi connectivity index (χ4n) is 1.23. The van der Waals surface area contributed by atoms with E-state index in [1.54, 1.807) is 0 Å². The minimum atomic E-state index is -0.935. The molecule has 0 spiro atoms. The normalized spacial score (nSPS) is 12.1. The highest BCUT2D eigenvalue weighted by Gasteiger charge is 2.09. The topological polar surface area (TPSA) is 75.3 Å². The SMILES string of the molecule is N[C@@H](CCCNc1ccccc1)C(=O)O. The molecular weight excluding hydrogens is 192 g/mol. The summed E-state index contributed by atoms with van der Waals surface area (Å²) in [5, 5.41) is 11.7. The molecule has 0 heterocycles. The number of hydrogen-bond donors (Lipinski definition) is 3. The summed E-state index contributed by atoms with van der Waals surface area (Å²) in [5.74, 6) is -0.935. The van der Waals surface area contributed by atoms with Gasteiger partial charge < -0.3 is 16.2 Å². The molecule has 15 heavy (non-hydrogen) atoms. The van der Waals surface area contributed by atoms with Crippen molar-refractivity contribution in [3.63, 3.8) is 0 Å². The van der Waals surface area contributed by atoms with Crippen LogP contribution in [0.5, 0.6) is 0 Å². The number of para-hydroxylation sites is 1. The lowest BCUT2D eigenvalue weighted by atomic mass is 10.1. The Hall–Kier alpha value is -1.55. The molecule has 0 aromatic heterocycles. The van der Waals surface area contributed by atoms with E-state index in [2.05, 4.69) is 5.32 Å². The fraction of sp³-hybridized carbons (Fsp3) is 0.364. The zero-order valence-corrected chi connectivity index (χ0v) is 8.52. The molecule has 82 valence electrons. The minimum Gasteiger partial charge on any atom is -0.480 e. The largest absolute Gasteiger partial charge is 0.480 e. The van der Waals surface area contributed by atoms with Crippen LogP contribution in [-0.4, -0.2) is 23.7 Å². The highest BCUT2D eigenvalue weighted by atomic mass is 16.4. The third kappa shape index (κ3) is 4.46. The van der Waals surface area contributed by atoms with Crippen molar-refractivity contribution < 1.29 is 9.90 Å². The van der Waals surface area contributed by atoms with E-state index in [1.807, 2.05) is 30.3 Å². The van der Waals surface area contributed by atoms with E-state index in [4.69, 9.17) is 10.8 Å². The van der Waals surface area contributed by atoms with Gasteiger partial charge in [-0.25, -0.2) is 0 Å². The molecule has 4 nitrogen and oxygen atoms in total. The van der Waals surface area contributed by atoms with Gasteiger partial charge in [-0.2, -0.15) is 0 Å². The Kier molecular flexibility index (Phi) is 4.63. The molecule has 0 saturated heterocycles. The van der Waals surface area contributed by atoms with Crippen LogP contribution in [0.15, 0.2) is 30.3 Å². The maximum atomic E-state index is 10.4. The van der Waals surface area contributed by atoms with Crippen LogP contribution in [0.25, 0.3) is 0 Å². The van der Waals surface area contributed by atoms with Crippen LogP contribution < -0.4 is 11.1 Å². The van der Waals surface area contributed by atoms with Crippen LogP contribution in [-0.2, 0) is 4.79 Å². The Labute approximate surface area is 89.1 Å². The summed E-state index contributed by atoms with van der Waals surface area (Å²) in [6.07, 6.45) is 1.25. The summed E-state index contributed by atoms with van der Waals surface area (Å²) in [6.45, 7) is 0.741. The Morgan fingerprint density at radius 1 is 1.40 bits per heavy atom. The number of carbonyl (C=O) groups is 1. The number of benzene rings is 1. The van der Waals surface area contributed by atoms with Crippen LogP contribution in [0.4, 0.5) is 5.69 Å². The van der Waals surface area contributed by atoms with Crippen molar-refractivity contribution in [2.24, 2.45) is 5.73 Å². The number of hydrogen-bond acceptors (Lipinski definition) is 3. The van der Waals surface area contributed by atoms with Crippen LogP contribution in [0, 0.1) is 0 Å². The Bertz CT molecular complexity index is 301. The molecular formula is C11H16N2O2. The van der Waals surface area contributed by atoms with Crippen molar-refractivity contribution in [2.45, 2.75) is 18.9 Å². The molecule has 0 fully saturated rings. The van der Waals surface area contributed by atoms with Gasteiger partial charge in [-0.3, -0.25) is 4.79 Å². The average molecular weight is 208 g/mol. The molecule has 0 aliphatic rings. The molecule has 0 bridgehead atoms. The smallest absolute Gasteiger partial charge is 0.320 e. The van der Waals surface area contributed by atoms with Crippen molar-refractivity contribution in [1.29, 1.82) is 0 Å². The molecule has 1 atom stereocenters. The van der Waals surface area contributed by atoms with Gasteiger partial charge in [-0.15, -0.1) is 0 Å². The highest BCUT2D eigenvalue weighted by Crippen LogP contribution is 2.05. The van der Waals surface area contributed by atoms with Gasteiger partial charge in [0.1, 0.15) is 6.04 Å². The molecule has 4 heteroatoms. The van der Waals surface area contributed by atoms with Gasteiger partial charge in [0, 0.05) is 12.2 Å². The Balaban J connectivity index is 2.15. The van der Waals surface area contributed by atoms with E-state index in [-0.39, 0.29) is 0 Å². The number of aliphatic carboxylic acids is 1. The molecule has 0 unspecified atom stereocenters. The van der Waals surface area contributed by atoms with Crippen LogP contribution >= 0.6 is 0 Å². The second kappa shape index (κ2) is 6.03. The zero-order chi connectivity index (χ0) is 11.1. The molecule has 0 aliphatic carbocycles. The molecule has 0 aliphatic heterocycles. The third-order valence-corrected chi connectivity index (χ3v) is 2.11. The Morgan fingerprint density at radius 3 is 2.67 bits per heavy atom. The lowest BCUT2D eigenvalue weighted by Crippen LogP contribution is -2.30. The molecule has 1 aromatic carbocycles. The number of anilines is 1. The van der Waals surface area contributed by atoms with Gasteiger partial charge in [0.2, 0.25) is 0 Å². The van der Waals surface area contributed by atoms with Crippen LogP contribution in [0.2, 0.25) is 0 Å². The predicted octanol–water partition coefficient (Wildman–Crippen LogP) is 1.29. The maximum absolute atomic E-state index is 10.4. The Morgan fingerprint density at radius 2 is 2.07 bits per heavy atom. The summed E-state index contributed by atoms with van der Waals surface area (Å²) in [6, 6.07) is 9.04. The van der Waals surface area contributed by atoms with E-state index in [0.717, 1.165) is 18.7 Å². The first-order chi connectivity index (χ1) is 7.20. The quantitative estimate of drug-likeness (QED) is 0.616.